The average molecular weight is 327 g/mol. The van der Waals surface area contributed by atoms with Crippen LogP contribution in [-0.4, -0.2) is 30.2 Å². The van der Waals surface area contributed by atoms with Crippen LogP contribution in [0.15, 0.2) is 29.2 Å². The standard InChI is InChI=1S/C14H17NO6S/c1-10(2)21-13(16)14(8-3-9-14)22(19,20)12-6-4-11(5-7-12)15(17)18/h4-7,10H,3,8-9H2,1-2H3. The van der Waals surface area contributed by atoms with Crippen molar-refractivity contribution in [2.24, 2.45) is 0 Å². The summed E-state index contributed by atoms with van der Waals surface area (Å²) in [5.41, 5.74) is -0.202. The van der Waals surface area contributed by atoms with Gasteiger partial charge in [-0.25, -0.2) is 8.42 Å². The van der Waals surface area contributed by atoms with Crippen molar-refractivity contribution in [2.75, 3.05) is 0 Å². The molecule has 0 amide bonds. The van der Waals surface area contributed by atoms with Crippen molar-refractivity contribution in [2.45, 2.75) is 48.9 Å². The molecule has 7 nitrogen and oxygen atoms in total. The van der Waals surface area contributed by atoms with Crippen LogP contribution in [0, 0.1) is 10.1 Å². The third kappa shape index (κ3) is 2.58. The predicted octanol–water partition coefficient (Wildman–Crippen LogP) is 2.24. The molecule has 0 spiro atoms. The normalized spacial score (nSPS) is 16.9. The number of hydrogen-bond acceptors (Lipinski definition) is 6. The van der Waals surface area contributed by atoms with Crippen LogP contribution in [0.5, 0.6) is 0 Å². The Labute approximate surface area is 128 Å². The van der Waals surface area contributed by atoms with Gasteiger partial charge >= 0.3 is 5.97 Å². The molecule has 120 valence electrons. The van der Waals surface area contributed by atoms with E-state index in [2.05, 4.69) is 0 Å². The maximum absolute atomic E-state index is 12.8. The smallest absolute Gasteiger partial charge is 0.328 e. The average Bonchev–Trinajstić information content (AvgIpc) is 2.36. The lowest BCUT2D eigenvalue weighted by Gasteiger charge is -2.38. The number of rotatable bonds is 5. The van der Waals surface area contributed by atoms with E-state index in [1.807, 2.05) is 0 Å². The maximum Gasteiger partial charge on any atom is 0.328 e. The third-order valence-corrected chi connectivity index (χ3v) is 6.24. The number of ether oxygens (including phenoxy) is 1. The Balaban J connectivity index is 2.39. The number of sulfone groups is 1. The number of nitrogens with zero attached hydrogens (tertiary/aromatic N) is 1. The number of non-ortho nitro benzene ring substituents is 1. The lowest BCUT2D eigenvalue weighted by atomic mass is 9.84. The zero-order valence-corrected chi connectivity index (χ0v) is 13.1. The number of nitro groups is 1. The van der Waals surface area contributed by atoms with E-state index >= 15 is 0 Å². The van der Waals surface area contributed by atoms with Gasteiger partial charge in [0.25, 0.3) is 5.69 Å². The molecule has 1 aliphatic rings. The van der Waals surface area contributed by atoms with Crippen LogP contribution in [0.3, 0.4) is 0 Å². The first-order valence-corrected chi connectivity index (χ1v) is 8.39. The highest BCUT2D eigenvalue weighted by molar-refractivity contribution is 7.93. The molecule has 0 heterocycles. The van der Waals surface area contributed by atoms with E-state index < -0.39 is 31.6 Å². The van der Waals surface area contributed by atoms with Crippen molar-refractivity contribution in [3.05, 3.63) is 34.4 Å². The number of carbonyl (C=O) groups excluding carboxylic acids is 1. The molecular formula is C14H17NO6S. The van der Waals surface area contributed by atoms with Crippen LogP contribution < -0.4 is 0 Å². The second-order valence-electron chi connectivity index (χ2n) is 5.56. The summed E-state index contributed by atoms with van der Waals surface area (Å²) in [6.07, 6.45) is 0.631. The highest BCUT2D eigenvalue weighted by Gasteiger charge is 2.57. The fourth-order valence-corrected chi connectivity index (χ4v) is 4.41. The molecule has 1 aliphatic carbocycles. The molecule has 0 saturated heterocycles. The summed E-state index contributed by atoms with van der Waals surface area (Å²) in [5.74, 6) is -0.743. The second kappa shape index (κ2) is 5.68. The first kappa shape index (κ1) is 16.4. The number of benzene rings is 1. The summed E-state index contributed by atoms with van der Waals surface area (Å²) in [4.78, 5) is 22.2. The fourth-order valence-electron chi connectivity index (χ4n) is 2.37. The zero-order valence-electron chi connectivity index (χ0n) is 12.3. The van der Waals surface area contributed by atoms with Crippen molar-refractivity contribution >= 4 is 21.5 Å². The van der Waals surface area contributed by atoms with E-state index in [1.165, 1.54) is 0 Å². The van der Waals surface area contributed by atoms with Crippen LogP contribution >= 0.6 is 0 Å². The van der Waals surface area contributed by atoms with Crippen LogP contribution in [0.1, 0.15) is 33.1 Å². The highest BCUT2D eigenvalue weighted by Crippen LogP contribution is 2.44. The summed E-state index contributed by atoms with van der Waals surface area (Å²) in [6.45, 7) is 3.31. The van der Waals surface area contributed by atoms with Gasteiger partial charge in [-0.05, 0) is 45.2 Å². The third-order valence-electron chi connectivity index (χ3n) is 3.75. The van der Waals surface area contributed by atoms with E-state index in [9.17, 15) is 23.3 Å². The summed E-state index contributed by atoms with van der Waals surface area (Å²) in [5, 5.41) is 10.6. The van der Waals surface area contributed by atoms with Gasteiger partial charge in [0.2, 0.25) is 0 Å². The summed E-state index contributed by atoms with van der Waals surface area (Å²) >= 11 is 0. The molecule has 0 N–H and O–H groups in total. The van der Waals surface area contributed by atoms with Gasteiger partial charge in [0.05, 0.1) is 15.9 Å². The number of hydrogen-bond donors (Lipinski definition) is 0. The lowest BCUT2D eigenvalue weighted by molar-refractivity contribution is -0.384. The summed E-state index contributed by atoms with van der Waals surface area (Å²) in [7, 11) is -3.95. The quantitative estimate of drug-likeness (QED) is 0.467. The Bertz CT molecular complexity index is 689. The molecule has 2 rings (SSSR count). The van der Waals surface area contributed by atoms with Crippen molar-refractivity contribution in [3.8, 4) is 0 Å². The molecular weight excluding hydrogens is 310 g/mol. The van der Waals surface area contributed by atoms with Gasteiger partial charge < -0.3 is 4.74 Å². The Kier molecular flexibility index (Phi) is 4.23. The second-order valence-corrected chi connectivity index (χ2v) is 7.82. The minimum absolute atomic E-state index is 0.0986. The summed E-state index contributed by atoms with van der Waals surface area (Å²) < 4.78 is 29.1. The Hall–Kier alpha value is -1.96. The first-order chi connectivity index (χ1) is 10.2. The Morgan fingerprint density at radius 1 is 1.27 bits per heavy atom. The van der Waals surface area contributed by atoms with Crippen LogP contribution in [-0.2, 0) is 19.4 Å². The molecule has 1 aromatic rings. The lowest BCUT2D eigenvalue weighted by Crippen LogP contribution is -2.53. The topological polar surface area (TPSA) is 104 Å². The van der Waals surface area contributed by atoms with Gasteiger partial charge in [0, 0.05) is 12.1 Å². The molecule has 0 atom stereocenters. The highest BCUT2D eigenvalue weighted by atomic mass is 32.2. The van der Waals surface area contributed by atoms with Gasteiger partial charge in [0.1, 0.15) is 0 Å². The van der Waals surface area contributed by atoms with Crippen molar-refractivity contribution in [3.63, 3.8) is 0 Å². The SMILES string of the molecule is CC(C)OC(=O)C1(S(=O)(=O)c2ccc([N+](=O)[O-])cc2)CCC1. The first-order valence-electron chi connectivity index (χ1n) is 6.91. The van der Waals surface area contributed by atoms with E-state index in [-0.39, 0.29) is 23.4 Å². The minimum atomic E-state index is -3.95. The molecule has 0 bridgehead atoms. The predicted molar refractivity (Wildman–Crippen MR) is 78.1 cm³/mol. The molecule has 1 saturated carbocycles. The zero-order chi connectivity index (χ0) is 16.5. The van der Waals surface area contributed by atoms with Crippen molar-refractivity contribution < 1.29 is 22.9 Å². The van der Waals surface area contributed by atoms with Gasteiger partial charge in [0.15, 0.2) is 14.6 Å². The summed E-state index contributed by atoms with van der Waals surface area (Å²) in [6, 6.07) is 4.56. The van der Waals surface area contributed by atoms with E-state index in [0.717, 1.165) is 24.3 Å². The Morgan fingerprint density at radius 2 is 1.82 bits per heavy atom. The van der Waals surface area contributed by atoms with Crippen molar-refractivity contribution in [1.29, 1.82) is 0 Å². The molecule has 8 heteroatoms. The van der Waals surface area contributed by atoms with Gasteiger partial charge in [-0.2, -0.15) is 0 Å². The largest absolute Gasteiger partial charge is 0.462 e. The van der Waals surface area contributed by atoms with E-state index in [4.69, 9.17) is 4.74 Å². The van der Waals surface area contributed by atoms with Gasteiger partial charge in [-0.3, -0.25) is 14.9 Å². The van der Waals surface area contributed by atoms with Gasteiger partial charge in [-0.1, -0.05) is 0 Å². The Morgan fingerprint density at radius 3 is 2.18 bits per heavy atom. The number of carbonyl (C=O) groups is 1. The molecule has 0 unspecified atom stereocenters. The maximum atomic E-state index is 12.8. The molecule has 0 aliphatic heterocycles. The monoisotopic (exact) mass is 327 g/mol. The molecule has 22 heavy (non-hydrogen) atoms. The van der Waals surface area contributed by atoms with Crippen LogP contribution in [0.4, 0.5) is 5.69 Å². The van der Waals surface area contributed by atoms with E-state index in [1.54, 1.807) is 13.8 Å². The number of esters is 1. The number of nitro benzene ring substituents is 1. The fraction of sp³-hybridized carbons (Fsp3) is 0.500. The molecule has 1 aromatic carbocycles. The van der Waals surface area contributed by atoms with Crippen LogP contribution in [0.25, 0.3) is 0 Å². The molecule has 0 aromatic heterocycles. The van der Waals surface area contributed by atoms with E-state index in [0.29, 0.717) is 6.42 Å². The van der Waals surface area contributed by atoms with Crippen molar-refractivity contribution in [1.82, 2.24) is 0 Å². The molecule has 0 radical (unpaired) electrons. The van der Waals surface area contributed by atoms with Crippen LogP contribution in [0.2, 0.25) is 0 Å². The van der Waals surface area contributed by atoms with Gasteiger partial charge in [-0.15, -0.1) is 0 Å². The minimum Gasteiger partial charge on any atom is -0.462 e. The molecule has 1 fully saturated rings.